The predicted molar refractivity (Wildman–Crippen MR) is 137 cm³/mol. The summed E-state index contributed by atoms with van der Waals surface area (Å²) in [5.41, 5.74) is 0.699. The maximum atomic E-state index is 12.6. The van der Waals surface area contributed by atoms with E-state index < -0.39 is 14.8 Å². The van der Waals surface area contributed by atoms with E-state index in [0.29, 0.717) is 49.9 Å². The van der Waals surface area contributed by atoms with Crippen molar-refractivity contribution >= 4 is 26.8 Å². The first kappa shape index (κ1) is 30.8. The van der Waals surface area contributed by atoms with Gasteiger partial charge in [-0.05, 0) is 63.8 Å². The minimum Gasteiger partial charge on any atom is -0.490 e. The molecule has 9 heteroatoms. The monoisotopic (exact) mass is 510 g/mol. The number of carbonyl (C=O) groups is 2. The molecule has 35 heavy (non-hydrogen) atoms. The quantitative estimate of drug-likeness (QED) is 0.0785. The van der Waals surface area contributed by atoms with Crippen molar-refractivity contribution in [3.8, 4) is 11.5 Å². The highest BCUT2D eigenvalue weighted by Gasteiger charge is 2.39. The Morgan fingerprint density at radius 2 is 1.57 bits per heavy atom. The third-order valence-corrected chi connectivity index (χ3v) is 8.17. The number of hydrogen-bond acceptors (Lipinski definition) is 8. The summed E-state index contributed by atoms with van der Waals surface area (Å²) in [5.74, 6) is 0.0517. The zero-order valence-corrected chi connectivity index (χ0v) is 22.9. The van der Waals surface area contributed by atoms with Crippen LogP contribution >= 0.6 is 0 Å². The van der Waals surface area contributed by atoms with E-state index in [2.05, 4.69) is 11.7 Å². The van der Waals surface area contributed by atoms with Crippen molar-refractivity contribution in [3.05, 3.63) is 29.8 Å². The molecule has 0 N–H and O–H groups in total. The fourth-order valence-electron chi connectivity index (χ4n) is 3.35. The average molecular weight is 511 g/mol. The molecular weight excluding hydrogens is 468 g/mol. The van der Waals surface area contributed by atoms with Gasteiger partial charge in [0.2, 0.25) is 0 Å². The van der Waals surface area contributed by atoms with Gasteiger partial charge in [-0.3, -0.25) is 4.79 Å². The number of benzene rings is 1. The van der Waals surface area contributed by atoms with E-state index in [-0.39, 0.29) is 12.4 Å². The standard InChI is InChI=1S/C26H42O8Si/c1-6-10-19-30-23-17-15-22(16-18-25(27)29-5)21-24(23)34-26(28)14-12-11-13-20-35(31-7-2,32-8-3)33-9-4/h15-18,21H,6-14,19-20H2,1-5H3/b18-16+. The van der Waals surface area contributed by atoms with Gasteiger partial charge in [-0.15, -0.1) is 0 Å². The summed E-state index contributed by atoms with van der Waals surface area (Å²) >= 11 is 0. The number of rotatable bonds is 19. The summed E-state index contributed by atoms with van der Waals surface area (Å²) in [4.78, 5) is 23.9. The molecule has 0 unspecified atom stereocenters. The lowest BCUT2D eigenvalue weighted by molar-refractivity contribution is -0.135. The second kappa shape index (κ2) is 18.1. The molecule has 198 valence electrons. The fourth-order valence-corrected chi connectivity index (χ4v) is 6.03. The highest BCUT2D eigenvalue weighted by molar-refractivity contribution is 6.60. The Bertz CT molecular complexity index is 764. The zero-order valence-electron chi connectivity index (χ0n) is 21.9. The SMILES string of the molecule is CCCCOc1ccc(/C=C/C(=O)OC)cc1OC(=O)CCCCC[Si](OCC)(OCC)OCC. The Labute approximate surface area is 211 Å². The maximum absolute atomic E-state index is 12.6. The van der Waals surface area contributed by atoms with Crippen LogP contribution in [0.1, 0.15) is 71.8 Å². The van der Waals surface area contributed by atoms with Gasteiger partial charge in [0.1, 0.15) is 0 Å². The summed E-state index contributed by atoms with van der Waals surface area (Å²) in [6.07, 6.45) is 7.45. The molecule has 0 fully saturated rings. The Kier molecular flexibility index (Phi) is 16.0. The molecule has 0 amide bonds. The first-order chi connectivity index (χ1) is 16.9. The largest absolute Gasteiger partial charge is 0.500 e. The van der Waals surface area contributed by atoms with Crippen LogP contribution in [-0.2, 0) is 27.6 Å². The van der Waals surface area contributed by atoms with Gasteiger partial charge in [0.25, 0.3) is 0 Å². The van der Waals surface area contributed by atoms with Crippen LogP contribution in [0.5, 0.6) is 11.5 Å². The van der Waals surface area contributed by atoms with Crippen molar-refractivity contribution in [1.29, 1.82) is 0 Å². The molecule has 1 rings (SSSR count). The van der Waals surface area contributed by atoms with Gasteiger partial charge in [-0.2, -0.15) is 0 Å². The van der Waals surface area contributed by atoms with Crippen LogP contribution < -0.4 is 9.47 Å². The molecule has 0 radical (unpaired) electrons. The van der Waals surface area contributed by atoms with Crippen LogP contribution in [0, 0.1) is 0 Å². The average Bonchev–Trinajstić information content (AvgIpc) is 2.84. The van der Waals surface area contributed by atoms with Gasteiger partial charge in [0.05, 0.1) is 13.7 Å². The summed E-state index contributed by atoms with van der Waals surface area (Å²) < 4.78 is 33.7. The fraction of sp³-hybridized carbons (Fsp3) is 0.615. The van der Waals surface area contributed by atoms with Crippen LogP contribution in [0.2, 0.25) is 6.04 Å². The van der Waals surface area contributed by atoms with Gasteiger partial charge in [-0.25, -0.2) is 4.79 Å². The maximum Gasteiger partial charge on any atom is 0.500 e. The molecule has 8 nitrogen and oxygen atoms in total. The molecule has 0 saturated carbocycles. The lowest BCUT2D eigenvalue weighted by Gasteiger charge is -2.28. The first-order valence-electron chi connectivity index (χ1n) is 12.6. The minimum absolute atomic E-state index is 0.281. The Hall–Kier alpha value is -2.20. The third-order valence-electron chi connectivity index (χ3n) is 5.02. The second-order valence-corrected chi connectivity index (χ2v) is 10.5. The summed E-state index contributed by atoms with van der Waals surface area (Å²) in [5, 5.41) is 0. The lowest BCUT2D eigenvalue weighted by atomic mass is 10.2. The van der Waals surface area contributed by atoms with Crippen LogP contribution in [0.15, 0.2) is 24.3 Å². The van der Waals surface area contributed by atoms with E-state index >= 15 is 0 Å². The Balaban J connectivity index is 2.69. The number of carbonyl (C=O) groups excluding carboxylic acids is 2. The summed E-state index contributed by atoms with van der Waals surface area (Å²) in [7, 11) is -1.34. The number of methoxy groups -OCH3 is 1. The van der Waals surface area contributed by atoms with E-state index in [1.165, 1.54) is 13.2 Å². The Morgan fingerprint density at radius 1 is 0.886 bits per heavy atom. The number of unbranched alkanes of at least 4 members (excludes halogenated alkanes) is 3. The van der Waals surface area contributed by atoms with E-state index in [4.69, 9.17) is 22.8 Å². The second-order valence-electron chi connectivity index (χ2n) is 7.78. The molecule has 0 aromatic heterocycles. The minimum atomic E-state index is -2.65. The van der Waals surface area contributed by atoms with Crippen molar-refractivity contribution in [3.63, 3.8) is 0 Å². The molecule has 0 aliphatic carbocycles. The molecule has 0 saturated heterocycles. The molecule has 0 spiro atoms. The van der Waals surface area contributed by atoms with Crippen molar-refractivity contribution in [2.45, 2.75) is 72.3 Å². The molecule has 0 aliphatic heterocycles. The lowest BCUT2D eigenvalue weighted by Crippen LogP contribution is -2.45. The van der Waals surface area contributed by atoms with Gasteiger partial charge in [-0.1, -0.05) is 25.8 Å². The van der Waals surface area contributed by atoms with Crippen LogP contribution in [0.3, 0.4) is 0 Å². The topological polar surface area (TPSA) is 89.5 Å². The molecular formula is C26H42O8Si. The molecule has 1 aromatic carbocycles. The van der Waals surface area contributed by atoms with Crippen molar-refractivity contribution in [1.82, 2.24) is 0 Å². The molecule has 0 heterocycles. The number of hydrogen-bond donors (Lipinski definition) is 0. The van der Waals surface area contributed by atoms with E-state index in [1.807, 2.05) is 20.8 Å². The first-order valence-corrected chi connectivity index (χ1v) is 14.5. The van der Waals surface area contributed by atoms with Gasteiger partial charge >= 0.3 is 20.7 Å². The summed E-state index contributed by atoms with van der Waals surface area (Å²) in [6.45, 7) is 10.1. The normalized spacial score (nSPS) is 11.6. The summed E-state index contributed by atoms with van der Waals surface area (Å²) in [6, 6.07) is 5.95. The predicted octanol–water partition coefficient (Wildman–Crippen LogP) is 5.57. The van der Waals surface area contributed by atoms with E-state index in [9.17, 15) is 9.59 Å². The van der Waals surface area contributed by atoms with Crippen LogP contribution in [0.25, 0.3) is 6.08 Å². The van der Waals surface area contributed by atoms with Crippen molar-refractivity contribution in [2.75, 3.05) is 33.5 Å². The van der Waals surface area contributed by atoms with Crippen LogP contribution in [0.4, 0.5) is 0 Å². The Morgan fingerprint density at radius 3 is 2.17 bits per heavy atom. The highest BCUT2D eigenvalue weighted by Crippen LogP contribution is 2.30. The number of ether oxygens (including phenoxy) is 3. The third kappa shape index (κ3) is 12.4. The van der Waals surface area contributed by atoms with Crippen molar-refractivity contribution < 1.29 is 37.1 Å². The molecule has 1 aromatic rings. The van der Waals surface area contributed by atoms with E-state index in [1.54, 1.807) is 24.3 Å². The van der Waals surface area contributed by atoms with Gasteiger partial charge < -0.3 is 27.5 Å². The zero-order chi connectivity index (χ0) is 25.9. The van der Waals surface area contributed by atoms with Gasteiger partial charge in [0.15, 0.2) is 11.5 Å². The van der Waals surface area contributed by atoms with Crippen molar-refractivity contribution in [2.24, 2.45) is 0 Å². The smallest absolute Gasteiger partial charge is 0.490 e. The molecule has 0 aliphatic rings. The highest BCUT2D eigenvalue weighted by atomic mass is 28.4. The molecule has 0 bridgehead atoms. The van der Waals surface area contributed by atoms with Gasteiger partial charge in [0, 0.05) is 38.4 Å². The van der Waals surface area contributed by atoms with E-state index in [0.717, 1.165) is 31.7 Å². The van der Waals surface area contributed by atoms with Crippen LogP contribution in [-0.4, -0.2) is 54.3 Å². The number of esters is 2. The molecule has 0 atom stereocenters.